The van der Waals surface area contributed by atoms with Gasteiger partial charge in [0.2, 0.25) is 5.69 Å². The second kappa shape index (κ2) is 18.5. The number of benzene rings is 4. The number of hydrogen-bond donors (Lipinski definition) is 4. The number of fused-ring (bicyclic) bond motifs is 6. The Balaban J connectivity index is 1.60. The van der Waals surface area contributed by atoms with E-state index in [0.717, 1.165) is 6.07 Å². The summed E-state index contributed by atoms with van der Waals surface area (Å²) in [4.78, 5) is 10.5. The molecule has 358 valence electrons. The van der Waals surface area contributed by atoms with Gasteiger partial charge in [-0.05, 0) is 104 Å². The van der Waals surface area contributed by atoms with E-state index in [1.807, 2.05) is 13.8 Å². The van der Waals surface area contributed by atoms with Crippen molar-refractivity contribution in [1.29, 1.82) is 0 Å². The van der Waals surface area contributed by atoms with E-state index in [2.05, 4.69) is 0 Å². The number of nitrogens with zero attached hydrogens (tertiary/aromatic N) is 2. The minimum Gasteiger partial charge on any atom is -0.748 e. The zero-order valence-corrected chi connectivity index (χ0v) is 39.9. The molecule has 24 heteroatoms. The molecule has 0 amide bonds. The molecule has 0 saturated carbocycles. The van der Waals surface area contributed by atoms with Gasteiger partial charge in [-0.15, -0.1) is 0 Å². The maximum Gasteiger partial charge on any atom is 0.295 e. The number of rotatable bonds is 20. The second-order valence-corrected chi connectivity index (χ2v) is 24.2. The molecule has 2 aliphatic rings. The van der Waals surface area contributed by atoms with E-state index in [1.54, 1.807) is 46.8 Å². The molecule has 0 fully saturated rings. The molecule has 0 spiro atoms. The number of unbranched alkanes of at least 4 members (excludes halogenated alkanes) is 2. The van der Waals surface area contributed by atoms with Gasteiger partial charge in [-0.3, -0.25) is 23.0 Å². The average Bonchev–Trinajstić information content (AvgIpc) is 3.56. The van der Waals surface area contributed by atoms with Crippen LogP contribution in [-0.4, -0.2) is 113 Å². The number of ether oxygens (including phenoxy) is 1. The fraction of sp³-hybridized carbons (Fsp3) is 0.381. The third-order valence-corrected chi connectivity index (χ3v) is 16.2. The summed E-state index contributed by atoms with van der Waals surface area (Å²) in [5.41, 5.74) is 0.807. The lowest BCUT2D eigenvalue weighted by atomic mass is 9.75. The summed E-state index contributed by atoms with van der Waals surface area (Å²) >= 11 is 0. The van der Waals surface area contributed by atoms with Gasteiger partial charge in [0.05, 0.1) is 37.7 Å². The Morgan fingerprint density at radius 2 is 1.38 bits per heavy atom. The Morgan fingerprint density at radius 3 is 2.00 bits per heavy atom. The molecule has 2 heterocycles. The molecule has 0 aromatic heterocycles. The molecule has 19 nitrogen and oxygen atoms in total. The largest absolute Gasteiger partial charge is 0.748 e. The Bertz CT molecular complexity index is 3310. The first kappa shape index (κ1) is 50.8. The Kier molecular flexibility index (Phi) is 14.2. The lowest BCUT2D eigenvalue weighted by Gasteiger charge is -2.31. The van der Waals surface area contributed by atoms with E-state index in [4.69, 9.17) is 4.74 Å². The van der Waals surface area contributed by atoms with E-state index in [-0.39, 0.29) is 54.6 Å². The smallest absolute Gasteiger partial charge is 0.295 e. The molecule has 0 aliphatic carbocycles. The van der Waals surface area contributed by atoms with Gasteiger partial charge in [-0.1, -0.05) is 31.1 Å². The standard InChI is InChI=1S/C42H48N2O17S5/c1-41(2)37(43(19-8-22-62(46,47)48)34-16-13-28-12-14-29(64(52,53)54)24-32(28)39(34)41)10-7-11-38-42(3,18-5-4-6-21-61-27-45)40-33-25-30(65(55,56)57)26-36(66(58,59)60)31(33)15-17-35(40)44(38)20-9-23-63(49,50)51/h7,10-17,24-27H,4-6,8-9,18-23H2,1-3H3,(H4-,46,47,48,49,50,51,52,53,54,55,56,57,58,59,60). The van der Waals surface area contributed by atoms with Crippen LogP contribution in [0.3, 0.4) is 0 Å². The summed E-state index contributed by atoms with van der Waals surface area (Å²) in [6, 6.07) is 12.2. The van der Waals surface area contributed by atoms with Gasteiger partial charge >= 0.3 is 0 Å². The van der Waals surface area contributed by atoms with Crippen LogP contribution in [0.1, 0.15) is 70.4 Å². The average molecular weight is 1010 g/mol. The number of anilines is 1. The fourth-order valence-electron chi connectivity index (χ4n) is 9.24. The topological polar surface area (TPSA) is 307 Å². The van der Waals surface area contributed by atoms with Crippen molar-refractivity contribution in [3.8, 4) is 0 Å². The minimum atomic E-state index is -5.11. The molecule has 66 heavy (non-hydrogen) atoms. The first-order valence-corrected chi connectivity index (χ1v) is 27.9. The molecule has 6 rings (SSSR count). The minimum absolute atomic E-state index is 0.0200. The van der Waals surface area contributed by atoms with Crippen molar-refractivity contribution in [2.24, 2.45) is 0 Å². The summed E-state index contributed by atoms with van der Waals surface area (Å²) in [5.74, 6) is -1.35. The van der Waals surface area contributed by atoms with Crippen LogP contribution >= 0.6 is 0 Å². The van der Waals surface area contributed by atoms with Crippen LogP contribution < -0.4 is 4.90 Å². The van der Waals surface area contributed by atoms with Crippen LogP contribution in [0.5, 0.6) is 0 Å². The summed E-state index contributed by atoms with van der Waals surface area (Å²) in [5, 5.41) is 1.03. The van der Waals surface area contributed by atoms with Gasteiger partial charge in [0.1, 0.15) is 11.4 Å². The van der Waals surface area contributed by atoms with Gasteiger partial charge in [0, 0.05) is 58.6 Å². The van der Waals surface area contributed by atoms with Gasteiger partial charge in [-0.25, -0.2) is 8.42 Å². The van der Waals surface area contributed by atoms with Crippen LogP contribution in [0.4, 0.5) is 11.4 Å². The maximum absolute atomic E-state index is 12.8. The molecular formula is C42H48N2O17S5. The van der Waals surface area contributed by atoms with Gasteiger partial charge in [0.25, 0.3) is 46.9 Å². The highest BCUT2D eigenvalue weighted by atomic mass is 32.2. The lowest BCUT2D eigenvalue weighted by Crippen LogP contribution is -2.30. The van der Waals surface area contributed by atoms with E-state index in [0.29, 0.717) is 76.5 Å². The van der Waals surface area contributed by atoms with E-state index in [1.165, 1.54) is 30.3 Å². The number of carbonyl (C=O) groups excluding carboxylic acids is 1. The summed E-state index contributed by atoms with van der Waals surface area (Å²) < 4.78 is 181. The zero-order valence-electron chi connectivity index (χ0n) is 35.8. The quantitative estimate of drug-likeness (QED) is 0.0379. The van der Waals surface area contributed by atoms with Gasteiger partial charge in [-0.2, -0.15) is 38.2 Å². The monoisotopic (exact) mass is 1010 g/mol. The first-order chi connectivity index (χ1) is 30.5. The number of hydrogen-bond acceptors (Lipinski definition) is 14. The predicted molar refractivity (Wildman–Crippen MR) is 243 cm³/mol. The maximum atomic E-state index is 12.8. The van der Waals surface area contributed by atoms with E-state index < -0.39 is 82.7 Å². The molecule has 1 atom stereocenters. The van der Waals surface area contributed by atoms with Crippen molar-refractivity contribution in [2.45, 2.75) is 84.8 Å². The molecule has 1 unspecified atom stereocenters. The lowest BCUT2D eigenvalue weighted by molar-refractivity contribution is -0.437. The highest BCUT2D eigenvalue weighted by molar-refractivity contribution is 7.87. The van der Waals surface area contributed by atoms with E-state index in [9.17, 15) is 69.6 Å². The SMILES string of the molecule is CC1(C)C(/C=C/C=C2/N(CCCS(=O)(=O)O)c3ccc4c(S(=O)(=O)O)cc(S(=O)(=O)O)cc4c3C2(C)CCCCCOC=O)=[N+](CCCS(=O)(=O)[O-])c2ccc3ccc(S(=O)(=O)O)cc3c21. The molecule has 0 radical (unpaired) electrons. The molecular weight excluding hydrogens is 965 g/mol. The summed E-state index contributed by atoms with van der Waals surface area (Å²) in [6.07, 6.45) is 6.51. The van der Waals surface area contributed by atoms with Crippen LogP contribution in [0, 0.1) is 0 Å². The zero-order chi connectivity index (χ0) is 48.8. The fourth-order valence-corrected chi connectivity index (χ4v) is 12.1. The highest BCUT2D eigenvalue weighted by Gasteiger charge is 2.47. The Morgan fingerprint density at radius 1 is 0.712 bits per heavy atom. The number of carbonyl (C=O) groups is 1. The normalized spacial score (nSPS) is 18.5. The third-order valence-electron chi connectivity index (χ3n) is 12.0. The highest BCUT2D eigenvalue weighted by Crippen LogP contribution is 2.54. The van der Waals surface area contributed by atoms with Crippen molar-refractivity contribution >= 4 is 95.7 Å². The van der Waals surface area contributed by atoms with Crippen molar-refractivity contribution in [2.75, 3.05) is 36.1 Å². The second-order valence-electron chi connectivity index (χ2n) is 16.8. The van der Waals surface area contributed by atoms with Crippen molar-refractivity contribution in [1.82, 2.24) is 0 Å². The van der Waals surface area contributed by atoms with Crippen LogP contribution in [0.2, 0.25) is 0 Å². The van der Waals surface area contributed by atoms with Crippen LogP contribution in [0.25, 0.3) is 21.5 Å². The number of allylic oxidation sites excluding steroid dienone is 4. The molecule has 0 saturated heterocycles. The van der Waals surface area contributed by atoms with Gasteiger partial charge < -0.3 is 14.2 Å². The Labute approximate surface area is 383 Å². The van der Waals surface area contributed by atoms with Crippen molar-refractivity contribution in [3.05, 3.63) is 89.6 Å². The van der Waals surface area contributed by atoms with Crippen LogP contribution in [-0.2, 0) is 71.0 Å². The van der Waals surface area contributed by atoms with Crippen molar-refractivity contribution < 1.29 is 79.0 Å². The van der Waals surface area contributed by atoms with Crippen molar-refractivity contribution in [3.63, 3.8) is 0 Å². The molecule has 2 aliphatic heterocycles. The molecule has 4 N–H and O–H groups in total. The first-order valence-electron chi connectivity index (χ1n) is 20.4. The Hall–Kier alpha value is -4.63. The third kappa shape index (κ3) is 10.7. The predicted octanol–water partition coefficient (Wildman–Crippen LogP) is 5.27. The van der Waals surface area contributed by atoms with Crippen LogP contribution in [0.15, 0.2) is 93.2 Å². The van der Waals surface area contributed by atoms with E-state index >= 15 is 0 Å². The van der Waals surface area contributed by atoms with Gasteiger partial charge in [0.15, 0.2) is 5.71 Å². The molecule has 4 aromatic rings. The summed E-state index contributed by atoms with van der Waals surface area (Å²) in [7, 11) is -23.9. The summed E-state index contributed by atoms with van der Waals surface area (Å²) in [6.45, 7) is 5.87. The molecule has 0 bridgehead atoms. The molecule has 4 aromatic carbocycles.